The molecule has 0 bridgehead atoms. The molecule has 0 radical (unpaired) electrons. The molecule has 3 rings (SSSR count). The zero-order valence-electron chi connectivity index (χ0n) is 16.9. The number of amides is 1. The Balaban J connectivity index is 1.56. The van der Waals surface area contributed by atoms with Crippen molar-refractivity contribution < 1.29 is 22.3 Å². The number of halogens is 2. The van der Waals surface area contributed by atoms with Gasteiger partial charge in [-0.2, -0.15) is 0 Å². The molecule has 29 heavy (non-hydrogen) atoms. The van der Waals surface area contributed by atoms with E-state index in [0.717, 1.165) is 6.54 Å². The van der Waals surface area contributed by atoms with Crippen molar-refractivity contribution >= 4 is 27.5 Å². The van der Waals surface area contributed by atoms with Crippen LogP contribution >= 0.6 is 11.6 Å². The SMILES string of the molecule is CC1NCC(C2CC(Cl)C(F)C(C(=O)NNS(=O)(=O)CC3CCOCC3)C2)N1C. The lowest BCUT2D eigenvalue weighted by Gasteiger charge is -2.39. The molecule has 8 nitrogen and oxygen atoms in total. The highest BCUT2D eigenvalue weighted by atomic mass is 35.5. The maximum atomic E-state index is 14.7. The lowest BCUT2D eigenvalue weighted by Crippen LogP contribution is -2.53. The summed E-state index contributed by atoms with van der Waals surface area (Å²) in [5.41, 5.74) is 2.23. The molecule has 168 valence electrons. The van der Waals surface area contributed by atoms with Crippen molar-refractivity contribution in [1.29, 1.82) is 0 Å². The van der Waals surface area contributed by atoms with Gasteiger partial charge in [0.25, 0.3) is 0 Å². The number of hydrogen-bond acceptors (Lipinski definition) is 6. The summed E-state index contributed by atoms with van der Waals surface area (Å²) >= 11 is 6.24. The normalized spacial score (nSPS) is 37.5. The second-order valence-corrected chi connectivity index (χ2v) is 10.9. The van der Waals surface area contributed by atoms with Gasteiger partial charge in [-0.1, -0.05) is 0 Å². The Morgan fingerprint density at radius 2 is 2.00 bits per heavy atom. The van der Waals surface area contributed by atoms with Crippen molar-refractivity contribution in [2.45, 2.75) is 56.4 Å². The van der Waals surface area contributed by atoms with Crippen LogP contribution in [0.15, 0.2) is 0 Å². The quantitative estimate of drug-likeness (QED) is 0.401. The fraction of sp³-hybridized carbons (Fsp3) is 0.944. The van der Waals surface area contributed by atoms with Crippen LogP contribution in [-0.4, -0.2) is 75.5 Å². The highest BCUT2D eigenvalue weighted by Gasteiger charge is 2.45. The van der Waals surface area contributed by atoms with Gasteiger partial charge in [0.2, 0.25) is 15.9 Å². The number of rotatable bonds is 6. The number of nitrogens with zero attached hydrogens (tertiary/aromatic N) is 1. The first kappa shape index (κ1) is 23.1. The number of sulfonamides is 1. The molecule has 3 fully saturated rings. The summed E-state index contributed by atoms with van der Waals surface area (Å²) in [5.74, 6) is -1.68. The van der Waals surface area contributed by atoms with E-state index in [0.29, 0.717) is 38.9 Å². The standard InChI is InChI=1S/C18H32ClFN4O4S/c1-11-21-9-16(24(11)2)13-7-14(17(20)15(19)8-13)18(25)22-23-29(26,27)10-12-3-5-28-6-4-12/h11-17,21,23H,3-10H2,1-2H3,(H,22,25). The molecule has 3 aliphatic rings. The van der Waals surface area contributed by atoms with E-state index in [2.05, 4.69) is 27.4 Å². The van der Waals surface area contributed by atoms with Crippen molar-refractivity contribution in [3.63, 3.8) is 0 Å². The van der Waals surface area contributed by atoms with Crippen LogP contribution in [-0.2, 0) is 19.6 Å². The second-order valence-electron chi connectivity index (χ2n) is 8.54. The van der Waals surface area contributed by atoms with Gasteiger partial charge in [0.1, 0.15) is 6.17 Å². The van der Waals surface area contributed by atoms with Crippen molar-refractivity contribution in [2.24, 2.45) is 17.8 Å². The van der Waals surface area contributed by atoms with Crippen molar-refractivity contribution in [2.75, 3.05) is 32.6 Å². The fourth-order valence-corrected chi connectivity index (χ4v) is 6.34. The number of hydrazine groups is 1. The number of alkyl halides is 2. The molecule has 2 aliphatic heterocycles. The lowest BCUT2D eigenvalue weighted by molar-refractivity contribution is -0.129. The van der Waals surface area contributed by atoms with Gasteiger partial charge in [-0.25, -0.2) is 12.8 Å². The summed E-state index contributed by atoms with van der Waals surface area (Å²) in [7, 11) is -1.70. The Bertz CT molecular complexity index is 679. The Morgan fingerprint density at radius 3 is 2.62 bits per heavy atom. The summed E-state index contributed by atoms with van der Waals surface area (Å²) in [6, 6.07) is 0.166. The van der Waals surface area contributed by atoms with Gasteiger partial charge in [0.15, 0.2) is 0 Å². The lowest BCUT2D eigenvalue weighted by atomic mass is 9.76. The molecule has 0 spiro atoms. The minimum Gasteiger partial charge on any atom is -0.381 e. The molecule has 2 heterocycles. The number of ether oxygens (including phenoxy) is 1. The van der Waals surface area contributed by atoms with Gasteiger partial charge < -0.3 is 10.1 Å². The van der Waals surface area contributed by atoms with E-state index >= 15 is 0 Å². The van der Waals surface area contributed by atoms with Crippen LogP contribution in [0.25, 0.3) is 0 Å². The minimum atomic E-state index is -3.70. The number of carbonyl (C=O) groups is 1. The summed E-state index contributed by atoms with van der Waals surface area (Å²) in [6.45, 7) is 3.89. The summed E-state index contributed by atoms with van der Waals surface area (Å²) in [5, 5.41) is 2.59. The third-order valence-corrected chi connectivity index (χ3v) is 8.32. The minimum absolute atomic E-state index is 0.00856. The van der Waals surface area contributed by atoms with Gasteiger partial charge >= 0.3 is 0 Å². The maximum absolute atomic E-state index is 14.7. The largest absolute Gasteiger partial charge is 0.381 e. The highest BCUT2D eigenvalue weighted by molar-refractivity contribution is 7.89. The van der Waals surface area contributed by atoms with Gasteiger partial charge in [-0.05, 0) is 51.5 Å². The van der Waals surface area contributed by atoms with Crippen molar-refractivity contribution in [3.05, 3.63) is 0 Å². The molecule has 0 aromatic carbocycles. The van der Waals surface area contributed by atoms with E-state index in [9.17, 15) is 17.6 Å². The molecule has 1 saturated carbocycles. The molecular formula is C18H32ClFN4O4S. The van der Waals surface area contributed by atoms with Crippen LogP contribution < -0.4 is 15.6 Å². The predicted molar refractivity (Wildman–Crippen MR) is 108 cm³/mol. The first-order chi connectivity index (χ1) is 13.7. The Kier molecular flexibility index (Phi) is 7.77. The third kappa shape index (κ3) is 5.80. The molecule has 6 atom stereocenters. The average Bonchev–Trinajstić information content (AvgIpc) is 3.01. The predicted octanol–water partition coefficient (Wildman–Crippen LogP) is 0.585. The molecular weight excluding hydrogens is 423 g/mol. The zero-order valence-corrected chi connectivity index (χ0v) is 18.5. The van der Waals surface area contributed by atoms with Gasteiger partial charge in [-0.3, -0.25) is 15.1 Å². The molecule has 3 N–H and O–H groups in total. The molecule has 2 saturated heterocycles. The summed E-state index contributed by atoms with van der Waals surface area (Å²) in [4.78, 5) is 16.9. The fourth-order valence-electron chi connectivity index (χ4n) is 4.64. The van der Waals surface area contributed by atoms with Crippen molar-refractivity contribution in [1.82, 2.24) is 20.5 Å². The van der Waals surface area contributed by atoms with Crippen LogP contribution in [0.4, 0.5) is 4.39 Å². The second kappa shape index (κ2) is 9.74. The summed E-state index contributed by atoms with van der Waals surface area (Å²) in [6.07, 6.45) is 0.862. The maximum Gasteiger partial charge on any atom is 0.241 e. The number of likely N-dealkylation sites (N-methyl/N-ethyl adjacent to an activating group) is 1. The Morgan fingerprint density at radius 1 is 1.31 bits per heavy atom. The van der Waals surface area contributed by atoms with E-state index in [4.69, 9.17) is 16.3 Å². The van der Waals surface area contributed by atoms with E-state index < -0.39 is 33.4 Å². The van der Waals surface area contributed by atoms with Gasteiger partial charge in [0.05, 0.1) is 23.2 Å². The molecule has 1 aliphatic carbocycles. The van der Waals surface area contributed by atoms with Gasteiger partial charge in [-0.15, -0.1) is 16.4 Å². The molecule has 6 unspecified atom stereocenters. The first-order valence-electron chi connectivity index (χ1n) is 10.3. The Labute approximate surface area is 177 Å². The van der Waals surface area contributed by atoms with E-state index in [-0.39, 0.29) is 29.8 Å². The smallest absolute Gasteiger partial charge is 0.241 e. The van der Waals surface area contributed by atoms with Crippen LogP contribution in [0.3, 0.4) is 0 Å². The van der Waals surface area contributed by atoms with E-state index in [1.165, 1.54) is 0 Å². The Hall–Kier alpha value is -0.520. The van der Waals surface area contributed by atoms with Crippen LogP contribution in [0.5, 0.6) is 0 Å². The molecule has 0 aromatic heterocycles. The highest BCUT2D eigenvalue weighted by Crippen LogP contribution is 2.38. The van der Waals surface area contributed by atoms with Crippen LogP contribution in [0.2, 0.25) is 0 Å². The van der Waals surface area contributed by atoms with Crippen LogP contribution in [0.1, 0.15) is 32.6 Å². The zero-order chi connectivity index (χ0) is 21.2. The monoisotopic (exact) mass is 454 g/mol. The number of nitrogens with one attached hydrogen (secondary N) is 3. The summed E-state index contributed by atoms with van der Waals surface area (Å²) < 4.78 is 44.5. The molecule has 1 amide bonds. The first-order valence-corrected chi connectivity index (χ1v) is 12.4. The van der Waals surface area contributed by atoms with Gasteiger partial charge in [0, 0.05) is 25.8 Å². The van der Waals surface area contributed by atoms with Crippen LogP contribution in [0, 0.1) is 17.8 Å². The number of hydrogen-bond donors (Lipinski definition) is 3. The third-order valence-electron chi connectivity index (χ3n) is 6.58. The average molecular weight is 455 g/mol. The molecule has 0 aromatic rings. The van der Waals surface area contributed by atoms with E-state index in [1.807, 2.05) is 7.05 Å². The van der Waals surface area contributed by atoms with Crippen molar-refractivity contribution in [3.8, 4) is 0 Å². The van der Waals surface area contributed by atoms with E-state index in [1.54, 1.807) is 0 Å². The number of carbonyl (C=O) groups excluding carboxylic acids is 1. The topological polar surface area (TPSA) is 99.8 Å². The molecule has 11 heteroatoms.